The van der Waals surface area contributed by atoms with Crippen molar-refractivity contribution in [2.24, 2.45) is 5.92 Å². The van der Waals surface area contributed by atoms with E-state index < -0.39 is 0 Å². The highest BCUT2D eigenvalue weighted by molar-refractivity contribution is 5.95. The molecule has 1 amide bonds. The molecule has 2 rings (SSSR count). The predicted molar refractivity (Wildman–Crippen MR) is 74.6 cm³/mol. The van der Waals surface area contributed by atoms with Crippen molar-refractivity contribution >= 4 is 17.6 Å². The third kappa shape index (κ3) is 3.81. The van der Waals surface area contributed by atoms with Crippen LogP contribution in [0.3, 0.4) is 0 Å². The Kier molecular flexibility index (Phi) is 5.12. The molecular weight excluding hydrogens is 258 g/mol. The molecule has 1 heterocycles. The number of rotatable bonds is 4. The quantitative estimate of drug-likeness (QED) is 0.857. The zero-order chi connectivity index (χ0) is 14.4. The maximum atomic E-state index is 12.1. The lowest BCUT2D eigenvalue weighted by Gasteiger charge is -2.21. The molecule has 20 heavy (non-hydrogen) atoms. The van der Waals surface area contributed by atoms with Crippen LogP contribution in [0.2, 0.25) is 0 Å². The Hall–Kier alpha value is -1.88. The van der Waals surface area contributed by atoms with Crippen molar-refractivity contribution in [1.29, 1.82) is 0 Å². The number of carbonyl (C=O) groups excluding carboxylic acids is 2. The summed E-state index contributed by atoms with van der Waals surface area (Å²) in [6.07, 6.45) is 1.48. The number of ether oxygens (including phenoxy) is 2. The highest BCUT2D eigenvalue weighted by Gasteiger charge is 2.21. The van der Waals surface area contributed by atoms with Gasteiger partial charge >= 0.3 is 5.97 Å². The minimum Gasteiger partial charge on any atom is -0.462 e. The van der Waals surface area contributed by atoms with E-state index in [2.05, 4.69) is 5.32 Å². The second kappa shape index (κ2) is 7.05. The molecule has 1 aliphatic heterocycles. The highest BCUT2D eigenvalue weighted by atomic mass is 16.5. The van der Waals surface area contributed by atoms with Crippen LogP contribution in [0.4, 0.5) is 5.69 Å². The zero-order valence-electron chi connectivity index (χ0n) is 11.6. The summed E-state index contributed by atoms with van der Waals surface area (Å²) < 4.78 is 10.2. The Morgan fingerprint density at radius 3 is 2.80 bits per heavy atom. The molecule has 0 atom stereocenters. The smallest absolute Gasteiger partial charge is 0.338 e. The largest absolute Gasteiger partial charge is 0.462 e. The molecule has 0 bridgehead atoms. The van der Waals surface area contributed by atoms with E-state index in [-0.39, 0.29) is 17.8 Å². The molecule has 0 aliphatic carbocycles. The Morgan fingerprint density at radius 2 is 2.10 bits per heavy atom. The molecular formula is C15H19NO4. The second-order valence-corrected chi connectivity index (χ2v) is 4.68. The van der Waals surface area contributed by atoms with Crippen molar-refractivity contribution < 1.29 is 19.1 Å². The first kappa shape index (κ1) is 14.5. The van der Waals surface area contributed by atoms with Crippen LogP contribution in [0.1, 0.15) is 30.1 Å². The van der Waals surface area contributed by atoms with Gasteiger partial charge < -0.3 is 14.8 Å². The molecule has 5 heteroatoms. The number of esters is 1. The van der Waals surface area contributed by atoms with Gasteiger partial charge in [-0.1, -0.05) is 6.07 Å². The Labute approximate surface area is 118 Å². The average molecular weight is 277 g/mol. The van der Waals surface area contributed by atoms with Gasteiger partial charge in [-0.15, -0.1) is 0 Å². The zero-order valence-corrected chi connectivity index (χ0v) is 11.6. The molecule has 108 valence electrons. The minimum absolute atomic E-state index is 0.0185. The topological polar surface area (TPSA) is 64.6 Å². The van der Waals surface area contributed by atoms with Gasteiger partial charge in [-0.05, 0) is 38.0 Å². The lowest BCUT2D eigenvalue weighted by Crippen LogP contribution is -2.28. The molecule has 0 unspecified atom stereocenters. The summed E-state index contributed by atoms with van der Waals surface area (Å²) in [5, 5.41) is 2.85. The van der Waals surface area contributed by atoms with Crippen LogP contribution in [0.5, 0.6) is 0 Å². The van der Waals surface area contributed by atoms with Gasteiger partial charge in [0.2, 0.25) is 5.91 Å². The van der Waals surface area contributed by atoms with Crippen LogP contribution in [0.25, 0.3) is 0 Å². The summed E-state index contributed by atoms with van der Waals surface area (Å²) in [5.41, 5.74) is 1.06. The molecule has 0 aromatic heterocycles. The molecule has 0 saturated carbocycles. The maximum Gasteiger partial charge on any atom is 0.338 e. The summed E-state index contributed by atoms with van der Waals surface area (Å²) in [5.74, 6) is -0.418. The summed E-state index contributed by atoms with van der Waals surface area (Å²) in [4.78, 5) is 23.7. The van der Waals surface area contributed by atoms with Gasteiger partial charge in [0.15, 0.2) is 0 Å². The van der Waals surface area contributed by atoms with Crippen LogP contribution in [0.15, 0.2) is 24.3 Å². The molecule has 1 N–H and O–H groups in total. The molecule has 1 saturated heterocycles. The lowest BCUT2D eigenvalue weighted by molar-refractivity contribution is -0.122. The number of hydrogen-bond donors (Lipinski definition) is 1. The first-order valence-electron chi connectivity index (χ1n) is 6.86. The molecule has 0 radical (unpaired) electrons. The third-order valence-electron chi connectivity index (χ3n) is 3.23. The fourth-order valence-corrected chi connectivity index (χ4v) is 2.14. The third-order valence-corrected chi connectivity index (χ3v) is 3.23. The Balaban J connectivity index is 2.00. The number of nitrogens with one attached hydrogen (secondary N) is 1. The summed E-state index contributed by atoms with van der Waals surface area (Å²) >= 11 is 0. The van der Waals surface area contributed by atoms with Crippen molar-refractivity contribution in [3.8, 4) is 0 Å². The number of carbonyl (C=O) groups is 2. The van der Waals surface area contributed by atoms with Crippen molar-refractivity contribution in [2.45, 2.75) is 19.8 Å². The van der Waals surface area contributed by atoms with Crippen LogP contribution in [-0.2, 0) is 14.3 Å². The van der Waals surface area contributed by atoms with E-state index in [1.165, 1.54) is 0 Å². The van der Waals surface area contributed by atoms with E-state index >= 15 is 0 Å². The van der Waals surface area contributed by atoms with Gasteiger partial charge in [0, 0.05) is 24.8 Å². The highest BCUT2D eigenvalue weighted by Crippen LogP contribution is 2.18. The standard InChI is InChI=1S/C15H19NO4/c1-2-20-15(18)12-4-3-5-13(10-12)16-14(17)11-6-8-19-9-7-11/h3-5,10-11H,2,6-9H2,1H3,(H,16,17). The first-order chi connectivity index (χ1) is 9.70. The van der Waals surface area contributed by atoms with Crippen LogP contribution in [-0.4, -0.2) is 31.7 Å². The van der Waals surface area contributed by atoms with Gasteiger partial charge in [-0.3, -0.25) is 4.79 Å². The van der Waals surface area contributed by atoms with E-state index in [1.807, 2.05) is 0 Å². The lowest BCUT2D eigenvalue weighted by atomic mass is 9.99. The fraction of sp³-hybridized carbons (Fsp3) is 0.467. The van der Waals surface area contributed by atoms with Gasteiger partial charge in [0.05, 0.1) is 12.2 Å². The van der Waals surface area contributed by atoms with Gasteiger partial charge in [-0.2, -0.15) is 0 Å². The summed E-state index contributed by atoms with van der Waals surface area (Å²) in [7, 11) is 0. The molecule has 5 nitrogen and oxygen atoms in total. The van der Waals surface area contributed by atoms with Crippen molar-refractivity contribution in [2.75, 3.05) is 25.1 Å². The summed E-state index contributed by atoms with van der Waals surface area (Å²) in [6.45, 7) is 3.34. The minimum atomic E-state index is -0.380. The number of anilines is 1. The van der Waals surface area contributed by atoms with E-state index in [0.717, 1.165) is 12.8 Å². The predicted octanol–water partition coefficient (Wildman–Crippen LogP) is 2.23. The molecule has 1 aromatic rings. The van der Waals surface area contributed by atoms with E-state index in [9.17, 15) is 9.59 Å². The Morgan fingerprint density at radius 1 is 1.35 bits per heavy atom. The van der Waals surface area contributed by atoms with Crippen LogP contribution >= 0.6 is 0 Å². The van der Waals surface area contributed by atoms with Crippen molar-refractivity contribution in [3.63, 3.8) is 0 Å². The number of benzene rings is 1. The maximum absolute atomic E-state index is 12.1. The SMILES string of the molecule is CCOC(=O)c1cccc(NC(=O)C2CCOCC2)c1. The van der Waals surface area contributed by atoms with Crippen LogP contribution in [0, 0.1) is 5.92 Å². The number of hydrogen-bond acceptors (Lipinski definition) is 4. The van der Waals surface area contributed by atoms with Crippen molar-refractivity contribution in [1.82, 2.24) is 0 Å². The molecule has 1 aliphatic rings. The van der Waals surface area contributed by atoms with Gasteiger partial charge in [-0.25, -0.2) is 4.79 Å². The van der Waals surface area contributed by atoms with Crippen molar-refractivity contribution in [3.05, 3.63) is 29.8 Å². The molecule has 1 fully saturated rings. The normalized spacial score (nSPS) is 15.7. The fourth-order valence-electron chi connectivity index (χ4n) is 2.14. The van der Waals surface area contributed by atoms with Gasteiger partial charge in [0.1, 0.15) is 0 Å². The van der Waals surface area contributed by atoms with E-state index in [4.69, 9.17) is 9.47 Å². The van der Waals surface area contributed by atoms with E-state index in [0.29, 0.717) is 31.1 Å². The first-order valence-corrected chi connectivity index (χ1v) is 6.86. The summed E-state index contributed by atoms with van der Waals surface area (Å²) in [6, 6.07) is 6.79. The average Bonchev–Trinajstić information content (AvgIpc) is 2.48. The van der Waals surface area contributed by atoms with E-state index in [1.54, 1.807) is 31.2 Å². The Bertz CT molecular complexity index is 481. The van der Waals surface area contributed by atoms with Crippen LogP contribution < -0.4 is 5.32 Å². The molecule has 0 spiro atoms. The second-order valence-electron chi connectivity index (χ2n) is 4.68. The van der Waals surface area contributed by atoms with Gasteiger partial charge in [0.25, 0.3) is 0 Å². The number of amides is 1. The monoisotopic (exact) mass is 277 g/mol. The molecule has 1 aromatic carbocycles.